The Morgan fingerprint density at radius 3 is 1.24 bits per heavy atom. The largest absolute Gasteiger partial charge is 0.450 e. The number of unbranched alkanes of at least 4 members (excludes halogenated alkanes) is 3. The van der Waals surface area contributed by atoms with Gasteiger partial charge in [-0.2, -0.15) is 0 Å². The van der Waals surface area contributed by atoms with Crippen LogP contribution in [0.1, 0.15) is 120 Å². The Bertz CT molecular complexity index is 657. The van der Waals surface area contributed by atoms with E-state index in [0.717, 1.165) is 64.2 Å². The monoisotopic (exact) mass is 538 g/mol. The highest BCUT2D eigenvalue weighted by molar-refractivity contribution is 5.67. The highest BCUT2D eigenvalue weighted by Gasteiger charge is 2.38. The van der Waals surface area contributed by atoms with Gasteiger partial charge in [-0.05, 0) is 119 Å². The molecule has 2 heterocycles. The third-order valence-electron chi connectivity index (χ3n) is 7.71. The SMILES string of the molecule is CC1(C)CC(CCOC(=O)NCCCCCCNC(=O)OCCC2CC(C)(C)NC(C)(C)C2)CC(C)(C)N1. The third kappa shape index (κ3) is 13.5. The van der Waals surface area contributed by atoms with Gasteiger partial charge < -0.3 is 30.7 Å². The Kier molecular flexibility index (Phi) is 12.2. The second-order valence-electron chi connectivity index (χ2n) is 14.5. The number of hydrogen-bond acceptors (Lipinski definition) is 6. The molecule has 4 N–H and O–H groups in total. The maximum absolute atomic E-state index is 12.0. The lowest BCUT2D eigenvalue weighted by molar-refractivity contribution is 0.0951. The highest BCUT2D eigenvalue weighted by atomic mass is 16.6. The van der Waals surface area contributed by atoms with Crippen LogP contribution in [0.3, 0.4) is 0 Å². The maximum atomic E-state index is 12.0. The molecule has 2 aliphatic heterocycles. The number of alkyl carbamates (subject to hydrolysis) is 2. The van der Waals surface area contributed by atoms with Gasteiger partial charge in [0.1, 0.15) is 0 Å². The number of rotatable bonds is 13. The first-order valence-corrected chi connectivity index (χ1v) is 15.0. The van der Waals surface area contributed by atoms with E-state index in [1.165, 1.54) is 0 Å². The summed E-state index contributed by atoms with van der Waals surface area (Å²) >= 11 is 0. The van der Waals surface area contributed by atoms with Crippen molar-refractivity contribution in [1.29, 1.82) is 0 Å². The van der Waals surface area contributed by atoms with Crippen LogP contribution in [-0.4, -0.2) is 60.6 Å². The van der Waals surface area contributed by atoms with E-state index in [4.69, 9.17) is 9.47 Å². The van der Waals surface area contributed by atoms with E-state index in [1.807, 2.05) is 0 Å². The summed E-state index contributed by atoms with van der Waals surface area (Å²) < 4.78 is 10.8. The molecular weight excluding hydrogens is 480 g/mol. The first kappa shape index (κ1) is 32.7. The lowest BCUT2D eigenvalue weighted by Crippen LogP contribution is -2.57. The molecule has 2 amide bonds. The molecule has 38 heavy (non-hydrogen) atoms. The van der Waals surface area contributed by atoms with E-state index < -0.39 is 0 Å². The molecule has 2 saturated heterocycles. The molecule has 0 unspecified atom stereocenters. The molecule has 8 heteroatoms. The number of amides is 2. The minimum Gasteiger partial charge on any atom is -0.450 e. The standard InChI is InChI=1S/C30H58N4O4/c1-27(2)19-23(20-28(3,4)33-27)13-17-37-25(35)31-15-11-9-10-12-16-32-26(36)38-18-14-24-21-29(5,6)34-30(7,8)22-24/h23-24,33-34H,9-22H2,1-8H3,(H,31,35)(H,32,36). The van der Waals surface area contributed by atoms with Crippen LogP contribution in [0, 0.1) is 11.8 Å². The molecule has 8 nitrogen and oxygen atoms in total. The molecule has 0 atom stereocenters. The minimum absolute atomic E-state index is 0.118. The molecular formula is C30H58N4O4. The highest BCUT2D eigenvalue weighted by Crippen LogP contribution is 2.35. The van der Waals surface area contributed by atoms with Crippen molar-refractivity contribution in [3.05, 3.63) is 0 Å². The van der Waals surface area contributed by atoms with Crippen LogP contribution in [0.4, 0.5) is 9.59 Å². The van der Waals surface area contributed by atoms with Crippen LogP contribution in [-0.2, 0) is 9.47 Å². The maximum Gasteiger partial charge on any atom is 0.407 e. The number of hydrogen-bond donors (Lipinski definition) is 4. The molecule has 2 fully saturated rings. The second kappa shape index (κ2) is 14.2. The van der Waals surface area contributed by atoms with E-state index in [0.29, 0.717) is 38.1 Å². The van der Waals surface area contributed by atoms with Crippen LogP contribution < -0.4 is 21.3 Å². The summed E-state index contributed by atoms with van der Waals surface area (Å²) in [5, 5.41) is 13.1. The van der Waals surface area contributed by atoms with Crippen molar-refractivity contribution < 1.29 is 19.1 Å². The van der Waals surface area contributed by atoms with E-state index in [9.17, 15) is 9.59 Å². The van der Waals surface area contributed by atoms with Gasteiger partial charge in [0, 0.05) is 35.2 Å². The van der Waals surface area contributed by atoms with Crippen LogP contribution in [0.25, 0.3) is 0 Å². The summed E-state index contributed by atoms with van der Waals surface area (Å²) in [4.78, 5) is 24.0. The molecule has 0 bridgehead atoms. The van der Waals surface area contributed by atoms with Crippen molar-refractivity contribution in [1.82, 2.24) is 21.3 Å². The third-order valence-corrected chi connectivity index (χ3v) is 7.71. The minimum atomic E-state index is -0.321. The van der Waals surface area contributed by atoms with Crippen LogP contribution in [0.2, 0.25) is 0 Å². The summed E-state index contributed by atoms with van der Waals surface area (Å²) in [6.07, 6.45) is 9.38. The molecule has 0 aromatic carbocycles. The van der Waals surface area contributed by atoms with Gasteiger partial charge in [0.15, 0.2) is 0 Å². The second-order valence-corrected chi connectivity index (χ2v) is 14.5. The van der Waals surface area contributed by atoms with Crippen molar-refractivity contribution in [2.24, 2.45) is 11.8 Å². The van der Waals surface area contributed by atoms with Gasteiger partial charge in [0.2, 0.25) is 0 Å². The first-order chi connectivity index (χ1) is 17.6. The fourth-order valence-electron chi connectivity index (χ4n) is 7.20. The molecule has 0 aromatic rings. The van der Waals surface area contributed by atoms with Gasteiger partial charge in [0.25, 0.3) is 0 Å². The molecule has 0 saturated carbocycles. The number of nitrogens with one attached hydrogen (secondary N) is 4. The Morgan fingerprint density at radius 2 is 0.921 bits per heavy atom. The zero-order valence-electron chi connectivity index (χ0n) is 25.7. The summed E-state index contributed by atoms with van der Waals surface area (Å²) in [5.41, 5.74) is 0.470. The number of carbonyl (C=O) groups is 2. The Labute approximate surface area is 232 Å². The summed E-state index contributed by atoms with van der Waals surface area (Å²) in [5.74, 6) is 1.13. The molecule has 0 aromatic heterocycles. The van der Waals surface area contributed by atoms with E-state index in [1.54, 1.807) is 0 Å². The molecule has 0 spiro atoms. The lowest BCUT2D eigenvalue weighted by atomic mass is 9.75. The quantitative estimate of drug-likeness (QED) is 0.218. The van der Waals surface area contributed by atoms with E-state index in [2.05, 4.69) is 76.7 Å². The summed E-state index contributed by atoms with van der Waals surface area (Å²) in [6.45, 7) is 20.1. The van der Waals surface area contributed by atoms with Gasteiger partial charge in [-0.1, -0.05) is 12.8 Å². The lowest BCUT2D eigenvalue weighted by Gasteiger charge is -2.46. The van der Waals surface area contributed by atoms with Crippen molar-refractivity contribution in [3.63, 3.8) is 0 Å². The van der Waals surface area contributed by atoms with Crippen LogP contribution in [0.15, 0.2) is 0 Å². The van der Waals surface area contributed by atoms with Crippen LogP contribution >= 0.6 is 0 Å². The first-order valence-electron chi connectivity index (χ1n) is 15.0. The molecule has 222 valence electrons. The zero-order chi connectivity index (χ0) is 28.5. The Hall–Kier alpha value is -1.54. The molecule has 0 aliphatic carbocycles. The van der Waals surface area contributed by atoms with Crippen molar-refractivity contribution in [3.8, 4) is 0 Å². The topological polar surface area (TPSA) is 101 Å². The zero-order valence-corrected chi connectivity index (χ0v) is 25.7. The average Bonchev–Trinajstić information content (AvgIpc) is 2.71. The predicted octanol–water partition coefficient (Wildman–Crippen LogP) is 5.89. The molecule has 2 aliphatic rings. The van der Waals surface area contributed by atoms with E-state index >= 15 is 0 Å². The fourth-order valence-corrected chi connectivity index (χ4v) is 7.20. The normalized spacial score (nSPS) is 22.4. The van der Waals surface area contributed by atoms with Gasteiger partial charge in [-0.25, -0.2) is 9.59 Å². The van der Waals surface area contributed by atoms with Gasteiger partial charge in [-0.3, -0.25) is 0 Å². The predicted molar refractivity (Wildman–Crippen MR) is 154 cm³/mol. The van der Waals surface area contributed by atoms with Gasteiger partial charge >= 0.3 is 12.2 Å². The number of piperidine rings is 2. The smallest absolute Gasteiger partial charge is 0.407 e. The van der Waals surface area contributed by atoms with Crippen molar-refractivity contribution in [2.45, 2.75) is 142 Å². The number of ether oxygens (including phenoxy) is 2. The van der Waals surface area contributed by atoms with Crippen molar-refractivity contribution >= 4 is 12.2 Å². The average molecular weight is 539 g/mol. The fraction of sp³-hybridized carbons (Fsp3) is 0.933. The van der Waals surface area contributed by atoms with Crippen molar-refractivity contribution in [2.75, 3.05) is 26.3 Å². The van der Waals surface area contributed by atoms with Gasteiger partial charge in [0.05, 0.1) is 13.2 Å². The van der Waals surface area contributed by atoms with Gasteiger partial charge in [-0.15, -0.1) is 0 Å². The number of carbonyl (C=O) groups excluding carboxylic acids is 2. The van der Waals surface area contributed by atoms with E-state index in [-0.39, 0.29) is 34.3 Å². The summed E-state index contributed by atoms with van der Waals surface area (Å²) in [6, 6.07) is 0. The molecule has 0 radical (unpaired) electrons. The Morgan fingerprint density at radius 1 is 0.605 bits per heavy atom. The van der Waals surface area contributed by atoms with Crippen LogP contribution in [0.5, 0.6) is 0 Å². The molecule has 2 rings (SSSR count). The summed E-state index contributed by atoms with van der Waals surface area (Å²) in [7, 11) is 0. The Balaban J connectivity index is 1.42.